The van der Waals surface area contributed by atoms with Crippen LogP contribution in [0.5, 0.6) is 17.2 Å². The highest BCUT2D eigenvalue weighted by Gasteiger charge is 2.39. The minimum absolute atomic E-state index is 0.0354. The molecule has 1 aliphatic carbocycles. The van der Waals surface area contributed by atoms with Crippen molar-refractivity contribution in [2.75, 3.05) is 0 Å². The van der Waals surface area contributed by atoms with Gasteiger partial charge < -0.3 is 14.2 Å². The zero-order chi connectivity index (χ0) is 28.5. The van der Waals surface area contributed by atoms with Crippen molar-refractivity contribution in [2.45, 2.75) is 116 Å². The van der Waals surface area contributed by atoms with Crippen LogP contribution in [0.15, 0.2) is 72.8 Å². The van der Waals surface area contributed by atoms with E-state index in [9.17, 15) is 0 Å². The Morgan fingerprint density at radius 2 is 0.795 bits per heavy atom. The monoisotopic (exact) mass is 528 g/mol. The van der Waals surface area contributed by atoms with Crippen molar-refractivity contribution in [1.82, 2.24) is 0 Å². The summed E-state index contributed by atoms with van der Waals surface area (Å²) in [4.78, 5) is 0. The summed E-state index contributed by atoms with van der Waals surface area (Å²) < 4.78 is 18.3. The Kier molecular flexibility index (Phi) is 8.13. The second kappa shape index (κ2) is 10.9. The van der Waals surface area contributed by atoms with E-state index >= 15 is 0 Å². The number of hydrogen-bond donors (Lipinski definition) is 0. The van der Waals surface area contributed by atoms with Crippen molar-refractivity contribution in [3.05, 3.63) is 89.5 Å². The van der Waals surface area contributed by atoms with E-state index in [1.54, 1.807) is 0 Å². The van der Waals surface area contributed by atoms with E-state index in [-0.39, 0.29) is 22.2 Å². The van der Waals surface area contributed by atoms with Crippen LogP contribution in [0, 0.1) is 0 Å². The average molecular weight is 529 g/mol. The Hall–Kier alpha value is -2.94. The Bertz CT molecular complexity index is 1130. The maximum absolute atomic E-state index is 6.13. The Labute approximate surface area is 236 Å². The first-order valence-electron chi connectivity index (χ1n) is 14.5. The summed E-state index contributed by atoms with van der Waals surface area (Å²) in [6.07, 6.45) is 4.47. The molecule has 1 aliphatic rings. The lowest BCUT2D eigenvalue weighted by molar-refractivity contribution is 0.130. The highest BCUT2D eigenvalue weighted by Crippen LogP contribution is 2.49. The lowest BCUT2D eigenvalue weighted by Crippen LogP contribution is -2.33. The van der Waals surface area contributed by atoms with Crippen molar-refractivity contribution >= 4 is 0 Å². The van der Waals surface area contributed by atoms with Crippen LogP contribution in [0.1, 0.15) is 111 Å². The summed E-state index contributed by atoms with van der Waals surface area (Å²) in [5, 5.41) is 0. The number of ether oxygens (including phenoxy) is 3. The fourth-order valence-corrected chi connectivity index (χ4v) is 5.74. The Morgan fingerprint density at radius 3 is 1.10 bits per heavy atom. The summed E-state index contributed by atoms with van der Waals surface area (Å²) in [7, 11) is 0. The van der Waals surface area contributed by atoms with Crippen LogP contribution < -0.4 is 14.2 Å². The standard InChI is InChI=1S/C36H48O3/c1-33(2,3)37-30-16-10-26(11-17-30)27-22-24-36(25-23-27,28-12-18-31(19-13-28)38-34(4,5)6)29-14-20-32(21-15-29)39-35(7,8)9/h10-21,27H,22-25H2,1-9H3. The molecule has 0 amide bonds. The van der Waals surface area contributed by atoms with E-state index < -0.39 is 0 Å². The van der Waals surface area contributed by atoms with Gasteiger partial charge in [0.25, 0.3) is 0 Å². The largest absolute Gasteiger partial charge is 0.488 e. The molecular formula is C36H48O3. The number of hydrogen-bond acceptors (Lipinski definition) is 3. The van der Waals surface area contributed by atoms with Crippen LogP contribution in [0.2, 0.25) is 0 Å². The summed E-state index contributed by atoms with van der Waals surface area (Å²) in [6.45, 7) is 18.8. The topological polar surface area (TPSA) is 27.7 Å². The van der Waals surface area contributed by atoms with E-state index in [1.807, 2.05) is 0 Å². The predicted molar refractivity (Wildman–Crippen MR) is 162 cm³/mol. The van der Waals surface area contributed by atoms with Crippen LogP contribution in [-0.2, 0) is 5.41 Å². The second-order valence-electron chi connectivity index (χ2n) is 14.1. The third-order valence-corrected chi connectivity index (χ3v) is 7.28. The van der Waals surface area contributed by atoms with Gasteiger partial charge in [-0.25, -0.2) is 0 Å². The molecule has 1 saturated carbocycles. The number of benzene rings is 3. The Balaban J connectivity index is 1.59. The SMILES string of the molecule is CC(C)(C)Oc1ccc(C2CCC(c3ccc(OC(C)(C)C)cc3)(c3ccc(OC(C)(C)C)cc3)CC2)cc1. The third kappa shape index (κ3) is 7.81. The first kappa shape index (κ1) is 29.1. The van der Waals surface area contributed by atoms with Crippen LogP contribution >= 0.6 is 0 Å². The van der Waals surface area contributed by atoms with Crippen LogP contribution in [0.3, 0.4) is 0 Å². The first-order chi connectivity index (χ1) is 18.1. The molecule has 3 aromatic carbocycles. The van der Waals surface area contributed by atoms with Gasteiger partial charge in [0, 0.05) is 5.41 Å². The smallest absolute Gasteiger partial charge is 0.120 e. The molecule has 0 aliphatic heterocycles. The molecule has 0 spiro atoms. The molecule has 0 saturated heterocycles. The maximum Gasteiger partial charge on any atom is 0.120 e. The average Bonchev–Trinajstić information content (AvgIpc) is 2.83. The highest BCUT2D eigenvalue weighted by molar-refractivity contribution is 5.44. The first-order valence-corrected chi connectivity index (χ1v) is 14.5. The van der Waals surface area contributed by atoms with Crippen molar-refractivity contribution in [1.29, 1.82) is 0 Å². The predicted octanol–water partition coefficient (Wildman–Crippen LogP) is 9.86. The molecule has 0 radical (unpaired) electrons. The quantitative estimate of drug-likeness (QED) is 0.319. The molecule has 3 heteroatoms. The van der Waals surface area contributed by atoms with Crippen molar-refractivity contribution in [3.63, 3.8) is 0 Å². The van der Waals surface area contributed by atoms with Crippen LogP contribution in [0.25, 0.3) is 0 Å². The molecular weight excluding hydrogens is 480 g/mol. The summed E-state index contributed by atoms with van der Waals surface area (Å²) in [5.41, 5.74) is 3.48. The third-order valence-electron chi connectivity index (χ3n) is 7.28. The molecule has 3 aromatic rings. The van der Waals surface area contributed by atoms with Crippen molar-refractivity contribution < 1.29 is 14.2 Å². The van der Waals surface area contributed by atoms with E-state index in [1.165, 1.54) is 16.7 Å². The van der Waals surface area contributed by atoms with E-state index in [4.69, 9.17) is 14.2 Å². The summed E-state index contributed by atoms with van der Waals surface area (Å²) in [5.74, 6) is 3.32. The minimum atomic E-state index is -0.215. The van der Waals surface area contributed by atoms with E-state index in [0.717, 1.165) is 42.9 Å². The molecule has 0 heterocycles. The van der Waals surface area contributed by atoms with Gasteiger partial charge in [-0.2, -0.15) is 0 Å². The fraction of sp³-hybridized carbons (Fsp3) is 0.500. The number of rotatable bonds is 6. The van der Waals surface area contributed by atoms with E-state index in [0.29, 0.717) is 5.92 Å². The van der Waals surface area contributed by atoms with Gasteiger partial charge >= 0.3 is 0 Å². The molecule has 0 N–H and O–H groups in total. The van der Waals surface area contributed by atoms with Crippen molar-refractivity contribution in [3.8, 4) is 17.2 Å². The fourth-order valence-electron chi connectivity index (χ4n) is 5.74. The van der Waals surface area contributed by atoms with Gasteiger partial charge in [0.2, 0.25) is 0 Å². The zero-order valence-electron chi connectivity index (χ0n) is 25.6. The van der Waals surface area contributed by atoms with E-state index in [2.05, 4.69) is 135 Å². The maximum atomic E-state index is 6.13. The molecule has 3 nitrogen and oxygen atoms in total. The summed E-state index contributed by atoms with van der Waals surface area (Å²) in [6, 6.07) is 26.4. The van der Waals surface area contributed by atoms with Gasteiger partial charge in [0.15, 0.2) is 0 Å². The lowest BCUT2D eigenvalue weighted by atomic mass is 9.62. The minimum Gasteiger partial charge on any atom is -0.488 e. The molecule has 0 atom stereocenters. The molecule has 39 heavy (non-hydrogen) atoms. The van der Waals surface area contributed by atoms with Crippen molar-refractivity contribution in [2.24, 2.45) is 0 Å². The van der Waals surface area contributed by atoms with Crippen LogP contribution in [0.4, 0.5) is 0 Å². The summed E-state index contributed by atoms with van der Waals surface area (Å²) >= 11 is 0. The van der Waals surface area contributed by atoms with Gasteiger partial charge in [0.05, 0.1) is 0 Å². The molecule has 0 aromatic heterocycles. The van der Waals surface area contributed by atoms with Gasteiger partial charge in [0.1, 0.15) is 34.1 Å². The lowest BCUT2D eigenvalue weighted by Gasteiger charge is -2.42. The molecule has 210 valence electrons. The highest BCUT2D eigenvalue weighted by atomic mass is 16.5. The molecule has 1 fully saturated rings. The normalized spacial score (nSPS) is 16.5. The van der Waals surface area contributed by atoms with Crippen LogP contribution in [-0.4, -0.2) is 16.8 Å². The zero-order valence-corrected chi connectivity index (χ0v) is 25.6. The molecule has 0 unspecified atom stereocenters. The molecule has 0 bridgehead atoms. The molecule has 4 rings (SSSR count). The Morgan fingerprint density at radius 1 is 0.487 bits per heavy atom. The second-order valence-corrected chi connectivity index (χ2v) is 14.1. The van der Waals surface area contributed by atoms with Gasteiger partial charge in [-0.05, 0) is 147 Å². The van der Waals surface area contributed by atoms with Gasteiger partial charge in [-0.3, -0.25) is 0 Å². The van der Waals surface area contributed by atoms with Gasteiger partial charge in [-0.15, -0.1) is 0 Å². The van der Waals surface area contributed by atoms with Gasteiger partial charge in [-0.1, -0.05) is 36.4 Å².